The van der Waals surface area contributed by atoms with Gasteiger partial charge in [0, 0.05) is 13.0 Å². The first-order valence-corrected chi connectivity index (χ1v) is 8.61. The molecule has 0 aliphatic carbocycles. The summed E-state index contributed by atoms with van der Waals surface area (Å²) in [6.07, 6.45) is 1.12. The molecule has 0 aromatic heterocycles. The van der Waals surface area contributed by atoms with Crippen molar-refractivity contribution in [2.75, 3.05) is 33.4 Å². The number of benzene rings is 2. The van der Waals surface area contributed by atoms with E-state index in [1.807, 2.05) is 18.2 Å². The van der Waals surface area contributed by atoms with Gasteiger partial charge < -0.3 is 14.4 Å². The molecule has 0 aliphatic heterocycles. The highest BCUT2D eigenvalue weighted by Gasteiger charge is 2.06. The van der Waals surface area contributed by atoms with Crippen molar-refractivity contribution in [1.29, 1.82) is 0 Å². The quantitative estimate of drug-likeness (QED) is 0.658. The SMILES string of the molecule is CCN(CC)CCOC(=O)CCc1ccc2cc(OC)ccc2c1. The Bertz CT molecular complexity index is 665. The van der Waals surface area contributed by atoms with E-state index in [9.17, 15) is 4.79 Å². The Morgan fingerprint density at radius 2 is 1.75 bits per heavy atom. The summed E-state index contributed by atoms with van der Waals surface area (Å²) >= 11 is 0. The summed E-state index contributed by atoms with van der Waals surface area (Å²) in [6.45, 7) is 7.46. The topological polar surface area (TPSA) is 38.8 Å². The van der Waals surface area contributed by atoms with Gasteiger partial charge in [0.1, 0.15) is 12.4 Å². The van der Waals surface area contributed by atoms with Crippen LogP contribution in [0, 0.1) is 0 Å². The zero-order valence-electron chi connectivity index (χ0n) is 14.9. The molecule has 0 unspecified atom stereocenters. The van der Waals surface area contributed by atoms with Crippen LogP contribution in [0.25, 0.3) is 10.8 Å². The van der Waals surface area contributed by atoms with Gasteiger partial charge in [0.15, 0.2) is 0 Å². The van der Waals surface area contributed by atoms with Crippen LogP contribution < -0.4 is 4.74 Å². The van der Waals surface area contributed by atoms with E-state index in [0.29, 0.717) is 19.4 Å². The Morgan fingerprint density at radius 3 is 2.46 bits per heavy atom. The van der Waals surface area contributed by atoms with Gasteiger partial charge >= 0.3 is 5.97 Å². The van der Waals surface area contributed by atoms with Crippen LogP contribution in [0.2, 0.25) is 0 Å². The molecular formula is C20H27NO3. The molecule has 130 valence electrons. The summed E-state index contributed by atoms with van der Waals surface area (Å²) in [4.78, 5) is 14.1. The molecule has 2 aromatic rings. The lowest BCUT2D eigenvalue weighted by atomic mass is 10.0. The second kappa shape index (κ2) is 9.28. The van der Waals surface area contributed by atoms with E-state index in [1.54, 1.807) is 7.11 Å². The molecule has 0 bridgehead atoms. The molecule has 0 fully saturated rings. The molecule has 24 heavy (non-hydrogen) atoms. The van der Waals surface area contributed by atoms with Gasteiger partial charge in [-0.05, 0) is 48.0 Å². The molecule has 0 saturated heterocycles. The highest BCUT2D eigenvalue weighted by atomic mass is 16.5. The van der Waals surface area contributed by atoms with Crippen molar-refractivity contribution in [3.8, 4) is 5.75 Å². The van der Waals surface area contributed by atoms with E-state index in [4.69, 9.17) is 9.47 Å². The maximum Gasteiger partial charge on any atom is 0.306 e. The second-order valence-corrected chi connectivity index (χ2v) is 5.79. The van der Waals surface area contributed by atoms with Gasteiger partial charge in [-0.3, -0.25) is 4.79 Å². The van der Waals surface area contributed by atoms with Crippen LogP contribution in [0.5, 0.6) is 5.75 Å². The Morgan fingerprint density at radius 1 is 1.04 bits per heavy atom. The highest BCUT2D eigenvalue weighted by molar-refractivity contribution is 5.84. The van der Waals surface area contributed by atoms with Crippen LogP contribution in [-0.2, 0) is 16.0 Å². The van der Waals surface area contributed by atoms with Gasteiger partial charge in [-0.2, -0.15) is 0 Å². The van der Waals surface area contributed by atoms with Crippen molar-refractivity contribution in [3.63, 3.8) is 0 Å². The van der Waals surface area contributed by atoms with Crippen molar-refractivity contribution < 1.29 is 14.3 Å². The Hall–Kier alpha value is -2.07. The minimum absolute atomic E-state index is 0.128. The summed E-state index contributed by atoms with van der Waals surface area (Å²) in [7, 11) is 1.67. The molecule has 4 heteroatoms. The summed E-state index contributed by atoms with van der Waals surface area (Å²) < 4.78 is 10.6. The normalized spacial score (nSPS) is 11.0. The van der Waals surface area contributed by atoms with Crippen LogP contribution in [0.1, 0.15) is 25.8 Å². The van der Waals surface area contributed by atoms with Crippen LogP contribution in [0.15, 0.2) is 36.4 Å². The Kier molecular flexibility index (Phi) is 7.07. The van der Waals surface area contributed by atoms with Crippen molar-refractivity contribution in [2.24, 2.45) is 0 Å². The van der Waals surface area contributed by atoms with Crippen LogP contribution in [-0.4, -0.2) is 44.2 Å². The van der Waals surface area contributed by atoms with E-state index in [1.165, 1.54) is 0 Å². The van der Waals surface area contributed by atoms with E-state index in [-0.39, 0.29) is 5.97 Å². The number of hydrogen-bond donors (Lipinski definition) is 0. The number of fused-ring (bicyclic) bond motifs is 1. The lowest BCUT2D eigenvalue weighted by molar-refractivity contribution is -0.144. The third kappa shape index (κ3) is 5.24. The molecular weight excluding hydrogens is 302 g/mol. The van der Waals surface area contributed by atoms with E-state index >= 15 is 0 Å². The van der Waals surface area contributed by atoms with Crippen molar-refractivity contribution >= 4 is 16.7 Å². The van der Waals surface area contributed by atoms with E-state index in [0.717, 1.165) is 41.7 Å². The van der Waals surface area contributed by atoms with Crippen LogP contribution >= 0.6 is 0 Å². The maximum atomic E-state index is 11.9. The zero-order valence-corrected chi connectivity index (χ0v) is 14.9. The summed E-state index contributed by atoms with van der Waals surface area (Å²) in [5.74, 6) is 0.726. The Balaban J connectivity index is 1.83. The van der Waals surface area contributed by atoms with Gasteiger partial charge in [-0.15, -0.1) is 0 Å². The first kappa shape index (κ1) is 18.3. The van der Waals surface area contributed by atoms with Crippen LogP contribution in [0.3, 0.4) is 0 Å². The number of hydrogen-bond acceptors (Lipinski definition) is 4. The lowest BCUT2D eigenvalue weighted by Crippen LogP contribution is -2.27. The predicted molar refractivity (Wildman–Crippen MR) is 97.6 cm³/mol. The average molecular weight is 329 g/mol. The third-order valence-corrected chi connectivity index (χ3v) is 4.29. The zero-order chi connectivity index (χ0) is 17.4. The largest absolute Gasteiger partial charge is 0.497 e. The molecule has 0 atom stereocenters. The van der Waals surface area contributed by atoms with Gasteiger partial charge in [-0.25, -0.2) is 0 Å². The molecule has 0 radical (unpaired) electrons. The first-order chi connectivity index (χ1) is 11.7. The number of rotatable bonds is 9. The second-order valence-electron chi connectivity index (χ2n) is 5.79. The van der Waals surface area contributed by atoms with Gasteiger partial charge in [0.25, 0.3) is 0 Å². The number of esters is 1. The predicted octanol–water partition coefficient (Wildman–Crippen LogP) is 3.67. The molecule has 4 nitrogen and oxygen atoms in total. The fourth-order valence-electron chi connectivity index (χ4n) is 2.70. The number of ether oxygens (including phenoxy) is 2. The summed E-state index contributed by atoms with van der Waals surface area (Å²) in [5.41, 5.74) is 1.15. The molecule has 0 heterocycles. The number of methoxy groups -OCH3 is 1. The number of likely N-dealkylation sites (N-methyl/N-ethyl adjacent to an activating group) is 1. The summed E-state index contributed by atoms with van der Waals surface area (Å²) in [6, 6.07) is 12.3. The standard InChI is InChI=1S/C20H27NO3/c1-4-21(5-2)12-13-24-20(22)11-7-16-6-8-18-15-19(23-3)10-9-17(18)14-16/h6,8-10,14-15H,4-5,7,11-13H2,1-3H3. The number of aryl methyl sites for hydroxylation is 1. The van der Waals surface area contributed by atoms with Crippen molar-refractivity contribution in [1.82, 2.24) is 4.90 Å². The van der Waals surface area contributed by atoms with E-state index < -0.39 is 0 Å². The Labute approximate surface area is 144 Å². The fourth-order valence-corrected chi connectivity index (χ4v) is 2.70. The number of carbonyl (C=O) groups excluding carboxylic acids is 1. The molecule has 2 rings (SSSR count). The molecule has 2 aromatic carbocycles. The smallest absolute Gasteiger partial charge is 0.306 e. The van der Waals surface area contributed by atoms with Gasteiger partial charge in [0.05, 0.1) is 7.11 Å². The summed E-state index contributed by atoms with van der Waals surface area (Å²) in [5, 5.41) is 2.29. The third-order valence-electron chi connectivity index (χ3n) is 4.29. The molecule has 0 amide bonds. The molecule has 0 spiro atoms. The number of carbonyl (C=O) groups is 1. The van der Waals surface area contributed by atoms with Crippen molar-refractivity contribution in [3.05, 3.63) is 42.0 Å². The minimum Gasteiger partial charge on any atom is -0.497 e. The average Bonchev–Trinajstić information content (AvgIpc) is 2.63. The van der Waals surface area contributed by atoms with Crippen molar-refractivity contribution in [2.45, 2.75) is 26.7 Å². The number of nitrogens with zero attached hydrogens (tertiary/aromatic N) is 1. The maximum absolute atomic E-state index is 11.9. The molecule has 0 N–H and O–H groups in total. The highest BCUT2D eigenvalue weighted by Crippen LogP contribution is 2.22. The minimum atomic E-state index is -0.128. The first-order valence-electron chi connectivity index (χ1n) is 8.61. The fraction of sp³-hybridized carbons (Fsp3) is 0.450. The van der Waals surface area contributed by atoms with E-state index in [2.05, 4.69) is 36.9 Å². The molecule has 0 saturated carbocycles. The van der Waals surface area contributed by atoms with Crippen LogP contribution in [0.4, 0.5) is 0 Å². The molecule has 0 aliphatic rings. The van der Waals surface area contributed by atoms with Gasteiger partial charge in [0.2, 0.25) is 0 Å². The monoisotopic (exact) mass is 329 g/mol. The lowest BCUT2D eigenvalue weighted by Gasteiger charge is -2.17. The van der Waals surface area contributed by atoms with Gasteiger partial charge in [-0.1, -0.05) is 38.1 Å².